The molecule has 0 bridgehead atoms. The second-order valence-corrected chi connectivity index (χ2v) is 7.91. The Labute approximate surface area is 166 Å². The number of primary amides is 1. The van der Waals surface area contributed by atoms with Crippen molar-refractivity contribution in [1.29, 1.82) is 0 Å². The van der Waals surface area contributed by atoms with E-state index in [-0.39, 0.29) is 24.9 Å². The Bertz CT molecular complexity index is 817. The number of ether oxygens (including phenoxy) is 1. The van der Waals surface area contributed by atoms with E-state index in [4.69, 9.17) is 33.7 Å². The molecule has 1 aromatic carbocycles. The van der Waals surface area contributed by atoms with Gasteiger partial charge in [0.1, 0.15) is 16.6 Å². The molecule has 140 valence electrons. The Morgan fingerprint density at radius 1 is 1.27 bits per heavy atom. The second kappa shape index (κ2) is 8.79. The zero-order valence-corrected chi connectivity index (χ0v) is 16.9. The van der Waals surface area contributed by atoms with Gasteiger partial charge >= 0.3 is 6.09 Å². The molecule has 9 heteroatoms. The van der Waals surface area contributed by atoms with Crippen molar-refractivity contribution in [3.8, 4) is 0 Å². The van der Waals surface area contributed by atoms with Crippen molar-refractivity contribution in [2.24, 2.45) is 5.73 Å². The maximum absolute atomic E-state index is 11.8. The molecule has 0 saturated heterocycles. The van der Waals surface area contributed by atoms with Crippen molar-refractivity contribution in [3.63, 3.8) is 0 Å². The van der Waals surface area contributed by atoms with E-state index in [1.54, 1.807) is 22.8 Å². The Kier molecular flexibility index (Phi) is 6.97. The normalized spacial score (nSPS) is 11.0. The minimum absolute atomic E-state index is 0.0518. The van der Waals surface area contributed by atoms with Crippen LogP contribution in [0.1, 0.15) is 38.2 Å². The lowest BCUT2D eigenvalue weighted by Gasteiger charge is -2.12. The van der Waals surface area contributed by atoms with Gasteiger partial charge in [0.25, 0.3) is 0 Å². The molecule has 0 aliphatic carbocycles. The van der Waals surface area contributed by atoms with E-state index in [1.165, 1.54) is 18.7 Å². The number of rotatable bonds is 7. The number of aromatic nitrogens is 2. The van der Waals surface area contributed by atoms with Crippen LogP contribution in [0.15, 0.2) is 28.1 Å². The van der Waals surface area contributed by atoms with Crippen molar-refractivity contribution in [1.82, 2.24) is 9.55 Å². The summed E-state index contributed by atoms with van der Waals surface area (Å²) in [7, 11) is 0. The van der Waals surface area contributed by atoms with Gasteiger partial charge in [-0.05, 0) is 31.0 Å². The molecule has 0 fully saturated rings. The van der Waals surface area contributed by atoms with E-state index in [1.807, 2.05) is 13.8 Å². The molecule has 0 aliphatic heterocycles. The number of nitrogens with zero attached hydrogens (tertiary/aromatic N) is 2. The molecule has 0 spiro atoms. The molecule has 1 amide bonds. The van der Waals surface area contributed by atoms with Crippen LogP contribution in [0.2, 0.25) is 10.0 Å². The number of hydrogen-bond donors (Lipinski definition) is 1. The lowest BCUT2D eigenvalue weighted by atomic mass is 10.1. The zero-order chi connectivity index (χ0) is 19.4. The molecule has 0 aliphatic rings. The first-order chi connectivity index (χ1) is 12.2. The van der Waals surface area contributed by atoms with Crippen LogP contribution in [-0.4, -0.2) is 21.4 Å². The summed E-state index contributed by atoms with van der Waals surface area (Å²) in [5.41, 5.74) is 5.84. The monoisotopic (exact) mass is 415 g/mol. The summed E-state index contributed by atoms with van der Waals surface area (Å²) in [6, 6.07) is 5.22. The number of amides is 1. The van der Waals surface area contributed by atoms with Crippen LogP contribution >= 0.6 is 35.0 Å². The van der Waals surface area contributed by atoms with Gasteiger partial charge in [0.2, 0.25) is 0 Å². The van der Waals surface area contributed by atoms with Crippen molar-refractivity contribution in [3.05, 3.63) is 39.8 Å². The smallest absolute Gasteiger partial charge is 0.404 e. The fraction of sp³-hybridized carbons (Fsp3) is 0.353. The number of Topliss-reactive ketones (excluding diaryl/α,β-unsaturated/α-hetero) is 1. The highest BCUT2D eigenvalue weighted by molar-refractivity contribution is 7.99. The van der Waals surface area contributed by atoms with Crippen molar-refractivity contribution in [2.75, 3.05) is 0 Å². The van der Waals surface area contributed by atoms with Crippen LogP contribution < -0.4 is 5.73 Å². The van der Waals surface area contributed by atoms with E-state index in [9.17, 15) is 9.59 Å². The maximum Gasteiger partial charge on any atom is 0.404 e. The van der Waals surface area contributed by atoms with Gasteiger partial charge < -0.3 is 15.0 Å². The average Bonchev–Trinajstić information content (AvgIpc) is 2.81. The van der Waals surface area contributed by atoms with E-state index in [2.05, 4.69) is 4.98 Å². The van der Waals surface area contributed by atoms with Gasteiger partial charge in [-0.15, -0.1) is 0 Å². The van der Waals surface area contributed by atoms with Gasteiger partial charge in [-0.2, -0.15) is 0 Å². The number of imidazole rings is 1. The quantitative estimate of drug-likeness (QED) is 0.710. The molecular formula is C17H19Cl2N3O3S. The first kappa shape index (κ1) is 20.6. The molecule has 2 rings (SSSR count). The number of benzene rings is 1. The van der Waals surface area contributed by atoms with Crippen LogP contribution in [0.4, 0.5) is 4.79 Å². The number of ketones is 1. The highest BCUT2D eigenvalue weighted by Crippen LogP contribution is 2.37. The summed E-state index contributed by atoms with van der Waals surface area (Å²) in [5, 5.41) is 1.80. The summed E-state index contributed by atoms with van der Waals surface area (Å²) in [6.07, 6.45) is -0.899. The summed E-state index contributed by atoms with van der Waals surface area (Å²) in [4.78, 5) is 28.1. The van der Waals surface area contributed by atoms with Crippen molar-refractivity contribution < 1.29 is 14.3 Å². The van der Waals surface area contributed by atoms with Gasteiger partial charge in [-0.25, -0.2) is 9.78 Å². The highest BCUT2D eigenvalue weighted by atomic mass is 35.5. The minimum atomic E-state index is -0.899. The first-order valence-corrected chi connectivity index (χ1v) is 9.39. The summed E-state index contributed by atoms with van der Waals surface area (Å²) < 4.78 is 6.62. The van der Waals surface area contributed by atoms with Gasteiger partial charge in [-0.1, -0.05) is 48.8 Å². The number of hydrogen-bond acceptors (Lipinski definition) is 5. The largest absolute Gasteiger partial charge is 0.442 e. The third-order valence-electron chi connectivity index (χ3n) is 3.35. The topological polar surface area (TPSA) is 87.2 Å². The highest BCUT2D eigenvalue weighted by Gasteiger charge is 2.22. The fourth-order valence-electron chi connectivity index (χ4n) is 2.32. The SMILES string of the molecule is CC(=O)Cn1c(COC(N)=O)nc(C(C)C)c1Sc1cc(Cl)cc(Cl)c1. The predicted octanol–water partition coefficient (Wildman–Crippen LogP) is 4.65. The molecule has 0 unspecified atom stereocenters. The van der Waals surface area contributed by atoms with Crippen LogP contribution in [0.5, 0.6) is 0 Å². The molecule has 0 atom stereocenters. The molecular weight excluding hydrogens is 397 g/mol. The number of carbonyl (C=O) groups excluding carboxylic acids is 2. The molecule has 6 nitrogen and oxygen atoms in total. The van der Waals surface area contributed by atoms with Crippen molar-refractivity contribution >= 4 is 46.8 Å². The summed E-state index contributed by atoms with van der Waals surface area (Å²) >= 11 is 13.6. The van der Waals surface area contributed by atoms with Crippen LogP contribution in [-0.2, 0) is 22.7 Å². The Balaban J connectivity index is 2.52. The lowest BCUT2D eigenvalue weighted by Crippen LogP contribution is -2.17. The molecule has 1 heterocycles. The van der Waals surface area contributed by atoms with Crippen LogP contribution in [0, 0.1) is 0 Å². The lowest BCUT2D eigenvalue weighted by molar-refractivity contribution is -0.117. The van der Waals surface area contributed by atoms with Crippen LogP contribution in [0.25, 0.3) is 0 Å². The second-order valence-electron chi connectivity index (χ2n) is 5.98. The third kappa shape index (κ3) is 5.40. The fourth-order valence-corrected chi connectivity index (χ4v) is 4.23. The molecule has 26 heavy (non-hydrogen) atoms. The number of nitrogens with two attached hydrogens (primary N) is 1. The van der Waals surface area contributed by atoms with E-state index < -0.39 is 6.09 Å². The molecule has 1 aromatic heterocycles. The van der Waals surface area contributed by atoms with Gasteiger partial charge in [0.15, 0.2) is 6.61 Å². The molecule has 2 aromatic rings. The summed E-state index contributed by atoms with van der Waals surface area (Å²) in [5.74, 6) is 0.495. The van der Waals surface area contributed by atoms with E-state index >= 15 is 0 Å². The van der Waals surface area contributed by atoms with E-state index in [0.29, 0.717) is 15.9 Å². The first-order valence-electron chi connectivity index (χ1n) is 7.82. The Morgan fingerprint density at radius 2 is 1.88 bits per heavy atom. The van der Waals surface area contributed by atoms with Crippen molar-refractivity contribution in [2.45, 2.75) is 49.8 Å². The number of halogens is 2. The molecule has 0 radical (unpaired) electrons. The van der Waals surface area contributed by atoms with Crippen LogP contribution in [0.3, 0.4) is 0 Å². The Hall–Kier alpha value is -1.70. The zero-order valence-electron chi connectivity index (χ0n) is 14.6. The van der Waals surface area contributed by atoms with Gasteiger partial charge in [0, 0.05) is 14.9 Å². The predicted molar refractivity (Wildman–Crippen MR) is 102 cm³/mol. The van der Waals surface area contributed by atoms with Gasteiger partial charge in [0.05, 0.1) is 12.2 Å². The van der Waals surface area contributed by atoms with Gasteiger partial charge in [-0.3, -0.25) is 4.79 Å². The Morgan fingerprint density at radius 3 is 2.38 bits per heavy atom. The summed E-state index contributed by atoms with van der Waals surface area (Å²) in [6.45, 7) is 5.47. The number of carbonyl (C=O) groups is 2. The van der Waals surface area contributed by atoms with E-state index in [0.717, 1.165) is 15.6 Å². The molecule has 0 saturated carbocycles. The standard InChI is InChI=1S/C17H19Cl2N3O3S/c1-9(2)15-16(26-13-5-11(18)4-12(19)6-13)22(7-10(3)23)14(21-15)8-25-17(20)24/h4-6,9H,7-8H2,1-3H3,(H2,20,24). The molecule has 2 N–H and O–H groups in total. The third-order valence-corrected chi connectivity index (χ3v) is 4.88. The minimum Gasteiger partial charge on any atom is -0.442 e. The maximum atomic E-state index is 11.8. The average molecular weight is 416 g/mol.